The number of nitro groups is 1. The second-order valence-electron chi connectivity index (χ2n) is 8.07. The lowest BCUT2D eigenvalue weighted by molar-refractivity contribution is -0.384. The molecule has 1 aliphatic rings. The third kappa shape index (κ3) is 4.75. The van der Waals surface area contributed by atoms with Gasteiger partial charge in [-0.1, -0.05) is 23.8 Å². The predicted molar refractivity (Wildman–Crippen MR) is 131 cm³/mol. The average molecular weight is 462 g/mol. The number of nitro benzene ring substituents is 1. The maximum Gasteiger partial charge on any atom is 0.270 e. The van der Waals surface area contributed by atoms with Gasteiger partial charge in [0.2, 0.25) is 0 Å². The van der Waals surface area contributed by atoms with E-state index in [0.717, 1.165) is 16.8 Å². The summed E-state index contributed by atoms with van der Waals surface area (Å²) in [6, 6.07) is 15.9. The molecule has 0 saturated carbocycles. The highest BCUT2D eigenvalue weighted by atomic mass is 32.2. The smallest absolute Gasteiger partial charge is 0.270 e. The molecule has 4 rings (SSSR count). The van der Waals surface area contributed by atoms with E-state index in [4.69, 9.17) is 4.42 Å². The molecule has 0 bridgehead atoms. The molecular weight excluding hydrogens is 438 g/mol. The summed E-state index contributed by atoms with van der Waals surface area (Å²) in [5.41, 5.74) is 3.42. The molecule has 0 N–H and O–H groups in total. The first-order chi connectivity index (χ1) is 15.7. The van der Waals surface area contributed by atoms with Crippen molar-refractivity contribution in [3.05, 3.63) is 86.5 Å². The highest BCUT2D eigenvalue weighted by Crippen LogP contribution is 2.36. The van der Waals surface area contributed by atoms with Crippen LogP contribution in [0.5, 0.6) is 0 Å². The van der Waals surface area contributed by atoms with Gasteiger partial charge in [0.15, 0.2) is 5.17 Å². The number of hydrogen-bond donors (Lipinski definition) is 0. The lowest BCUT2D eigenvalue weighted by Gasteiger charge is -2.19. The summed E-state index contributed by atoms with van der Waals surface area (Å²) >= 11 is 1.30. The zero-order chi connectivity index (χ0) is 23.7. The molecular formula is C25H23N3O4S. The topological polar surface area (TPSA) is 89.0 Å². The highest BCUT2D eigenvalue weighted by Gasteiger charge is 2.35. The van der Waals surface area contributed by atoms with Crippen molar-refractivity contribution in [3.63, 3.8) is 0 Å². The van der Waals surface area contributed by atoms with E-state index in [1.54, 1.807) is 29.2 Å². The Morgan fingerprint density at radius 1 is 1.09 bits per heavy atom. The van der Waals surface area contributed by atoms with Crippen molar-refractivity contribution in [2.75, 3.05) is 0 Å². The first-order valence-electron chi connectivity index (χ1n) is 10.5. The molecule has 1 aliphatic heterocycles. The van der Waals surface area contributed by atoms with Crippen LogP contribution in [0.3, 0.4) is 0 Å². The van der Waals surface area contributed by atoms with Crippen molar-refractivity contribution >= 4 is 40.3 Å². The zero-order valence-electron chi connectivity index (χ0n) is 18.7. The quantitative estimate of drug-likeness (QED) is 0.246. The van der Waals surface area contributed by atoms with E-state index in [1.165, 1.54) is 23.9 Å². The van der Waals surface area contributed by atoms with E-state index in [0.29, 0.717) is 27.2 Å². The van der Waals surface area contributed by atoms with Crippen LogP contribution in [0.2, 0.25) is 0 Å². The fraction of sp³-hybridized carbons (Fsp3) is 0.200. The Hall–Kier alpha value is -3.65. The molecule has 0 radical (unpaired) electrons. The Bertz CT molecular complexity index is 1290. The van der Waals surface area contributed by atoms with Gasteiger partial charge in [0.1, 0.15) is 11.5 Å². The highest BCUT2D eigenvalue weighted by molar-refractivity contribution is 8.18. The Morgan fingerprint density at radius 2 is 1.82 bits per heavy atom. The number of rotatable bonds is 5. The van der Waals surface area contributed by atoms with Crippen LogP contribution in [0.4, 0.5) is 11.4 Å². The number of carbonyl (C=O) groups excluding carboxylic acids is 1. The maximum atomic E-state index is 13.1. The number of thioether (sulfide) groups is 1. The summed E-state index contributed by atoms with van der Waals surface area (Å²) < 4.78 is 5.94. The van der Waals surface area contributed by atoms with Crippen LogP contribution in [-0.4, -0.2) is 26.9 Å². The Labute approximate surface area is 196 Å². The van der Waals surface area contributed by atoms with Gasteiger partial charge in [0, 0.05) is 29.8 Å². The molecule has 33 heavy (non-hydrogen) atoms. The molecule has 1 amide bonds. The molecule has 1 aromatic heterocycles. The van der Waals surface area contributed by atoms with Gasteiger partial charge >= 0.3 is 0 Å². The molecule has 2 aromatic carbocycles. The Morgan fingerprint density at radius 3 is 2.48 bits per heavy atom. The van der Waals surface area contributed by atoms with Crippen molar-refractivity contribution in [1.29, 1.82) is 0 Å². The fourth-order valence-electron chi connectivity index (χ4n) is 3.44. The van der Waals surface area contributed by atoms with E-state index >= 15 is 0 Å². The molecule has 3 aromatic rings. The number of aryl methyl sites for hydroxylation is 2. The standard InChI is InChI=1S/C25H23N3O4S/c1-15(2)27-24(29)23(33-25(27)26-18-8-5-16(3)6-9-18)14-20-11-12-22(32-20)21-13-19(28(30)31)10-7-17(21)4/h5-15H,1-4H3/b23-14+,26-25?. The number of hydrogen-bond acceptors (Lipinski definition) is 6. The van der Waals surface area contributed by atoms with Crippen LogP contribution >= 0.6 is 11.8 Å². The predicted octanol–water partition coefficient (Wildman–Crippen LogP) is 6.48. The molecule has 2 heterocycles. The molecule has 7 nitrogen and oxygen atoms in total. The van der Waals surface area contributed by atoms with Crippen LogP contribution in [0.25, 0.3) is 17.4 Å². The Balaban J connectivity index is 1.65. The summed E-state index contributed by atoms with van der Waals surface area (Å²) in [5, 5.41) is 11.8. The minimum atomic E-state index is -0.433. The van der Waals surface area contributed by atoms with E-state index in [9.17, 15) is 14.9 Å². The van der Waals surface area contributed by atoms with E-state index in [2.05, 4.69) is 4.99 Å². The van der Waals surface area contributed by atoms with E-state index < -0.39 is 4.92 Å². The molecule has 1 fully saturated rings. The van der Waals surface area contributed by atoms with Crippen LogP contribution in [0, 0.1) is 24.0 Å². The summed E-state index contributed by atoms with van der Waals surface area (Å²) in [4.78, 5) is 30.7. The first kappa shape index (κ1) is 22.5. The summed E-state index contributed by atoms with van der Waals surface area (Å²) in [5.74, 6) is 0.866. The molecule has 0 unspecified atom stereocenters. The van der Waals surface area contributed by atoms with Crippen LogP contribution < -0.4 is 0 Å². The largest absolute Gasteiger partial charge is 0.457 e. The second kappa shape index (κ2) is 9.07. The summed E-state index contributed by atoms with van der Waals surface area (Å²) in [7, 11) is 0. The van der Waals surface area contributed by atoms with Gasteiger partial charge in [-0.2, -0.15) is 0 Å². The number of amidine groups is 1. The van der Waals surface area contributed by atoms with Gasteiger partial charge in [-0.05, 0) is 69.3 Å². The summed E-state index contributed by atoms with van der Waals surface area (Å²) in [6.07, 6.45) is 1.69. The summed E-state index contributed by atoms with van der Waals surface area (Å²) in [6.45, 7) is 7.77. The van der Waals surface area contributed by atoms with Crippen molar-refractivity contribution in [1.82, 2.24) is 4.90 Å². The van der Waals surface area contributed by atoms with Gasteiger partial charge in [0.25, 0.3) is 11.6 Å². The van der Waals surface area contributed by atoms with Crippen LogP contribution in [-0.2, 0) is 4.79 Å². The van der Waals surface area contributed by atoms with Crippen molar-refractivity contribution < 1.29 is 14.1 Å². The van der Waals surface area contributed by atoms with Crippen LogP contribution in [0.15, 0.2) is 68.9 Å². The lowest BCUT2D eigenvalue weighted by Crippen LogP contribution is -2.35. The zero-order valence-corrected chi connectivity index (χ0v) is 19.6. The number of carbonyl (C=O) groups is 1. The monoisotopic (exact) mass is 461 g/mol. The van der Waals surface area contributed by atoms with Gasteiger partial charge in [-0.25, -0.2) is 4.99 Å². The molecule has 8 heteroatoms. The minimum absolute atomic E-state index is 0.00188. The van der Waals surface area contributed by atoms with Crippen LogP contribution in [0.1, 0.15) is 30.7 Å². The van der Waals surface area contributed by atoms with Gasteiger partial charge in [-0.15, -0.1) is 0 Å². The first-order valence-corrected chi connectivity index (χ1v) is 11.3. The number of benzene rings is 2. The lowest BCUT2D eigenvalue weighted by atomic mass is 10.1. The van der Waals surface area contributed by atoms with E-state index in [1.807, 2.05) is 52.0 Å². The normalized spacial score (nSPS) is 16.4. The molecule has 168 valence electrons. The number of furan rings is 1. The Kier molecular flexibility index (Phi) is 6.20. The second-order valence-corrected chi connectivity index (χ2v) is 9.08. The fourth-order valence-corrected chi connectivity index (χ4v) is 4.54. The number of nitrogens with zero attached hydrogens (tertiary/aromatic N) is 3. The number of non-ortho nitro benzene ring substituents is 1. The number of amides is 1. The van der Waals surface area contributed by atoms with Crippen molar-refractivity contribution in [2.24, 2.45) is 4.99 Å². The van der Waals surface area contributed by atoms with Gasteiger partial charge in [-0.3, -0.25) is 19.8 Å². The van der Waals surface area contributed by atoms with Crippen molar-refractivity contribution in [3.8, 4) is 11.3 Å². The maximum absolute atomic E-state index is 13.1. The van der Waals surface area contributed by atoms with Gasteiger partial charge in [0.05, 0.1) is 15.5 Å². The molecule has 0 atom stereocenters. The third-order valence-corrected chi connectivity index (χ3v) is 6.19. The minimum Gasteiger partial charge on any atom is -0.457 e. The number of aliphatic imine (C=N–C) groups is 1. The SMILES string of the molecule is Cc1ccc(N=C2S/C(=C/c3ccc(-c4cc([N+](=O)[O-])ccc4C)o3)C(=O)N2C(C)C)cc1. The molecule has 0 aliphatic carbocycles. The van der Waals surface area contributed by atoms with E-state index in [-0.39, 0.29) is 17.6 Å². The average Bonchev–Trinajstić information content (AvgIpc) is 3.34. The molecule has 0 spiro atoms. The van der Waals surface area contributed by atoms with Crippen molar-refractivity contribution in [2.45, 2.75) is 33.7 Å². The van der Waals surface area contributed by atoms with Gasteiger partial charge < -0.3 is 4.42 Å². The molecule has 1 saturated heterocycles. The third-order valence-electron chi connectivity index (χ3n) is 5.21.